The van der Waals surface area contributed by atoms with E-state index in [0.717, 1.165) is 25.8 Å². The quantitative estimate of drug-likeness (QED) is 0.212. The molecule has 220 valence electrons. The zero-order chi connectivity index (χ0) is 29.1. The average Bonchev–Trinajstić information content (AvgIpc) is 3.59. The molecule has 2 fully saturated rings. The first-order valence-corrected chi connectivity index (χ1v) is 17.2. The molecule has 3 aliphatic rings. The highest BCUT2D eigenvalue weighted by molar-refractivity contribution is 7.89. The van der Waals surface area contributed by atoms with Gasteiger partial charge in [-0.25, -0.2) is 8.42 Å². The largest absolute Gasteiger partial charge is 0.342 e. The fraction of sp³-hybridized carbons (Fsp3) is 0.429. The SMILES string of the molecule is Cc1cc2ccccc2n1[C@H]1C[C@H]2CC[C@@H](C1)N2CC[C@]1(CN(C)S(=O)(=O)c2ccccc2Cl)CCc2ccccc21. The van der Waals surface area contributed by atoms with Crippen molar-refractivity contribution in [3.05, 3.63) is 101 Å². The van der Waals surface area contributed by atoms with Crippen molar-refractivity contribution in [2.75, 3.05) is 20.1 Å². The van der Waals surface area contributed by atoms with Crippen molar-refractivity contribution in [3.8, 4) is 0 Å². The lowest BCUT2D eigenvalue weighted by atomic mass is 9.78. The van der Waals surface area contributed by atoms with Gasteiger partial charge in [-0.2, -0.15) is 4.31 Å². The smallest absolute Gasteiger partial charge is 0.244 e. The van der Waals surface area contributed by atoms with Gasteiger partial charge in [-0.1, -0.05) is 66.2 Å². The first-order valence-electron chi connectivity index (χ1n) is 15.4. The lowest BCUT2D eigenvalue weighted by Gasteiger charge is -2.42. The normalized spacial score (nSPS) is 25.9. The Labute approximate surface area is 255 Å². The molecule has 1 aliphatic carbocycles. The van der Waals surface area contributed by atoms with E-state index >= 15 is 0 Å². The Hall–Kier alpha value is -2.64. The predicted molar refractivity (Wildman–Crippen MR) is 171 cm³/mol. The van der Waals surface area contributed by atoms with Gasteiger partial charge in [-0.05, 0) is 99.2 Å². The van der Waals surface area contributed by atoms with E-state index in [1.54, 1.807) is 35.6 Å². The van der Waals surface area contributed by atoms with Crippen molar-refractivity contribution in [1.82, 2.24) is 13.8 Å². The summed E-state index contributed by atoms with van der Waals surface area (Å²) >= 11 is 6.36. The van der Waals surface area contributed by atoms with Crippen molar-refractivity contribution < 1.29 is 8.42 Å². The highest BCUT2D eigenvalue weighted by Crippen LogP contribution is 2.46. The number of piperidine rings is 1. The molecule has 0 radical (unpaired) electrons. The number of hydrogen-bond acceptors (Lipinski definition) is 3. The molecule has 42 heavy (non-hydrogen) atoms. The fourth-order valence-electron chi connectivity index (χ4n) is 8.56. The van der Waals surface area contributed by atoms with Crippen LogP contribution in [0, 0.1) is 6.92 Å². The molecule has 2 aliphatic heterocycles. The van der Waals surface area contributed by atoms with Gasteiger partial charge in [-0.3, -0.25) is 4.90 Å². The Kier molecular flexibility index (Phi) is 7.25. The lowest BCUT2D eigenvalue weighted by Crippen LogP contribution is -2.47. The topological polar surface area (TPSA) is 45.5 Å². The number of para-hydroxylation sites is 1. The number of hydrogen-bond donors (Lipinski definition) is 0. The molecule has 3 heterocycles. The summed E-state index contributed by atoms with van der Waals surface area (Å²) in [5.41, 5.74) is 5.18. The summed E-state index contributed by atoms with van der Waals surface area (Å²) < 4.78 is 31.6. The van der Waals surface area contributed by atoms with Crippen LogP contribution in [0.3, 0.4) is 0 Å². The van der Waals surface area contributed by atoms with Gasteiger partial charge in [0.05, 0.1) is 5.02 Å². The second-order valence-electron chi connectivity index (χ2n) is 12.8. The van der Waals surface area contributed by atoms with Crippen LogP contribution in [0.4, 0.5) is 0 Å². The second kappa shape index (κ2) is 10.8. The Morgan fingerprint density at radius 2 is 1.62 bits per heavy atom. The van der Waals surface area contributed by atoms with Crippen LogP contribution in [0.1, 0.15) is 61.4 Å². The summed E-state index contributed by atoms with van der Waals surface area (Å²) in [7, 11) is -2.00. The van der Waals surface area contributed by atoms with Crippen LogP contribution in [-0.4, -0.2) is 54.4 Å². The van der Waals surface area contributed by atoms with Crippen LogP contribution in [-0.2, 0) is 21.9 Å². The van der Waals surface area contributed by atoms with Crippen LogP contribution in [0.15, 0.2) is 83.8 Å². The molecule has 2 saturated heterocycles. The highest BCUT2D eigenvalue weighted by atomic mass is 35.5. The molecule has 2 bridgehead atoms. The number of aromatic nitrogens is 1. The van der Waals surface area contributed by atoms with Gasteiger partial charge in [0.25, 0.3) is 0 Å². The van der Waals surface area contributed by atoms with Crippen LogP contribution in [0.25, 0.3) is 10.9 Å². The minimum Gasteiger partial charge on any atom is -0.342 e. The third-order valence-corrected chi connectivity index (χ3v) is 12.8. The second-order valence-corrected chi connectivity index (χ2v) is 15.3. The summed E-state index contributed by atoms with van der Waals surface area (Å²) in [6.07, 6.45) is 7.78. The summed E-state index contributed by atoms with van der Waals surface area (Å²) in [5.74, 6) is 0. The predicted octanol–water partition coefficient (Wildman–Crippen LogP) is 7.37. The molecule has 0 unspecified atom stereocenters. The van der Waals surface area contributed by atoms with Crippen LogP contribution >= 0.6 is 11.6 Å². The summed E-state index contributed by atoms with van der Waals surface area (Å²) in [5, 5.41) is 1.61. The van der Waals surface area contributed by atoms with Crippen molar-refractivity contribution in [3.63, 3.8) is 0 Å². The number of aryl methyl sites for hydroxylation is 2. The molecule has 5 nitrogen and oxygen atoms in total. The maximum absolute atomic E-state index is 13.7. The van der Waals surface area contributed by atoms with E-state index in [9.17, 15) is 8.42 Å². The van der Waals surface area contributed by atoms with Gasteiger partial charge in [0.1, 0.15) is 4.90 Å². The first kappa shape index (κ1) is 28.1. The molecule has 7 rings (SSSR count). The number of halogens is 1. The molecule has 1 aromatic heterocycles. The number of rotatable bonds is 8. The molecule has 0 N–H and O–H groups in total. The molecule has 0 amide bonds. The highest BCUT2D eigenvalue weighted by Gasteiger charge is 2.45. The number of fused-ring (bicyclic) bond motifs is 4. The number of likely N-dealkylation sites (N-methyl/N-ethyl adjacent to an activating group) is 1. The Balaban J connectivity index is 1.13. The van der Waals surface area contributed by atoms with Gasteiger partial charge in [-0.15, -0.1) is 0 Å². The number of benzene rings is 3. The molecular weight excluding hydrogens is 562 g/mol. The van der Waals surface area contributed by atoms with E-state index in [0.29, 0.717) is 24.7 Å². The minimum atomic E-state index is -3.72. The molecule has 0 saturated carbocycles. The first-order chi connectivity index (χ1) is 20.3. The van der Waals surface area contributed by atoms with Crippen LogP contribution < -0.4 is 0 Å². The molecule has 0 spiro atoms. The fourth-order valence-corrected chi connectivity index (χ4v) is 10.3. The Bertz CT molecular complexity index is 1720. The standard InChI is InChI=1S/C35H40ClN3O2S/c1-25-21-27-10-4-7-13-33(27)39(25)30-22-28-15-16-29(23-30)38(28)20-19-35(18-17-26-9-3-5-11-31(26)35)24-37(2)42(40,41)34-14-8-6-12-32(34)36/h3-14,21,28-30H,15-20,22-24H2,1-2H3/t28-,29+,30+,35-/m0/s1. The van der Waals surface area contributed by atoms with Crippen LogP contribution in [0.5, 0.6) is 0 Å². The zero-order valence-electron chi connectivity index (χ0n) is 24.5. The summed E-state index contributed by atoms with van der Waals surface area (Å²) in [4.78, 5) is 2.96. The maximum atomic E-state index is 13.7. The minimum absolute atomic E-state index is 0.184. The average molecular weight is 602 g/mol. The summed E-state index contributed by atoms with van der Waals surface area (Å²) in [6, 6.07) is 28.3. The Morgan fingerprint density at radius 1 is 0.929 bits per heavy atom. The molecule has 4 atom stereocenters. The molecule has 3 aromatic carbocycles. The van der Waals surface area contributed by atoms with Crippen molar-refractivity contribution >= 4 is 32.5 Å². The van der Waals surface area contributed by atoms with Crippen molar-refractivity contribution in [2.45, 2.75) is 80.3 Å². The number of sulfonamides is 1. The zero-order valence-corrected chi connectivity index (χ0v) is 26.1. The summed E-state index contributed by atoms with van der Waals surface area (Å²) in [6.45, 7) is 3.71. The van der Waals surface area contributed by atoms with E-state index in [1.165, 1.54) is 53.4 Å². The van der Waals surface area contributed by atoms with Crippen molar-refractivity contribution in [2.24, 2.45) is 0 Å². The van der Waals surface area contributed by atoms with Gasteiger partial charge in [0.15, 0.2) is 0 Å². The van der Waals surface area contributed by atoms with E-state index < -0.39 is 10.0 Å². The number of nitrogens with zero attached hydrogens (tertiary/aromatic N) is 3. The molecular formula is C35H40ClN3O2S. The van der Waals surface area contributed by atoms with Gasteiger partial charge < -0.3 is 4.57 Å². The maximum Gasteiger partial charge on any atom is 0.244 e. The van der Waals surface area contributed by atoms with E-state index in [1.807, 2.05) is 0 Å². The Morgan fingerprint density at radius 3 is 2.40 bits per heavy atom. The van der Waals surface area contributed by atoms with E-state index in [2.05, 4.69) is 71.0 Å². The molecule has 4 aromatic rings. The lowest BCUT2D eigenvalue weighted by molar-refractivity contribution is 0.0951. The van der Waals surface area contributed by atoms with Gasteiger partial charge >= 0.3 is 0 Å². The van der Waals surface area contributed by atoms with E-state index in [-0.39, 0.29) is 15.3 Å². The third-order valence-electron chi connectivity index (χ3n) is 10.5. The molecule has 7 heteroatoms. The van der Waals surface area contributed by atoms with Crippen molar-refractivity contribution in [1.29, 1.82) is 0 Å². The van der Waals surface area contributed by atoms with Crippen LogP contribution in [0.2, 0.25) is 5.02 Å². The monoisotopic (exact) mass is 601 g/mol. The third kappa shape index (κ3) is 4.71. The van der Waals surface area contributed by atoms with Gasteiger partial charge in [0.2, 0.25) is 10.0 Å². The van der Waals surface area contributed by atoms with E-state index in [4.69, 9.17) is 11.6 Å². The van der Waals surface area contributed by atoms with Gasteiger partial charge in [0, 0.05) is 48.3 Å².